The second-order valence-corrected chi connectivity index (χ2v) is 9.53. The Balaban J connectivity index is 1.66. The van der Waals surface area contributed by atoms with Crippen LogP contribution in [0.25, 0.3) is 0 Å². The third-order valence-electron chi connectivity index (χ3n) is 6.69. The van der Waals surface area contributed by atoms with Gasteiger partial charge in [-0.2, -0.15) is 13.2 Å². The van der Waals surface area contributed by atoms with Crippen molar-refractivity contribution in [2.45, 2.75) is 63.7 Å². The molecule has 0 amide bonds. The molecule has 0 unspecified atom stereocenters. The molecule has 2 fully saturated rings. The van der Waals surface area contributed by atoms with Gasteiger partial charge in [-0.3, -0.25) is 14.5 Å². The smallest absolute Gasteiger partial charge is 0.396 e. The first kappa shape index (κ1) is 23.5. The summed E-state index contributed by atoms with van der Waals surface area (Å²) in [5.41, 5.74) is 6.26. The number of hydrogen-bond donors (Lipinski definition) is 2. The zero-order chi connectivity index (χ0) is 24.1. The van der Waals surface area contributed by atoms with Crippen LogP contribution in [0, 0.1) is 5.82 Å². The number of aldehydes is 1. The Bertz CT molecular complexity index is 1010. The summed E-state index contributed by atoms with van der Waals surface area (Å²) < 4.78 is 53.1. The molecule has 11 heteroatoms. The number of aromatic nitrogens is 1. The summed E-state index contributed by atoms with van der Waals surface area (Å²) in [5.74, 6) is -1.26. The first-order valence-corrected chi connectivity index (χ1v) is 11.0. The first-order valence-electron chi connectivity index (χ1n) is 11.0. The van der Waals surface area contributed by atoms with Gasteiger partial charge in [0.2, 0.25) is 0 Å². The molecule has 3 N–H and O–H groups in total. The van der Waals surface area contributed by atoms with Crippen LogP contribution in [0.15, 0.2) is 11.3 Å². The minimum atomic E-state index is -4.26. The number of fused-ring (bicyclic) bond motifs is 3. The van der Waals surface area contributed by atoms with Crippen molar-refractivity contribution < 1.29 is 27.2 Å². The van der Waals surface area contributed by atoms with E-state index in [9.17, 15) is 22.8 Å². The van der Waals surface area contributed by atoms with Crippen molar-refractivity contribution in [3.05, 3.63) is 22.7 Å². The largest absolute Gasteiger partial charge is 0.401 e. The normalized spacial score (nSPS) is 21.6. The highest BCUT2D eigenvalue weighted by molar-refractivity contribution is 6.10. The van der Waals surface area contributed by atoms with E-state index in [2.05, 4.69) is 10.3 Å². The molecule has 4 rings (SSSR count). The second kappa shape index (κ2) is 8.27. The monoisotopic (exact) mass is 469 g/mol. The number of pyridine rings is 1. The van der Waals surface area contributed by atoms with Crippen LogP contribution in [0.1, 0.15) is 56.3 Å². The zero-order valence-electron chi connectivity index (χ0n) is 18.6. The third kappa shape index (κ3) is 4.42. The maximum absolute atomic E-state index is 15.2. The van der Waals surface area contributed by atoms with E-state index in [-0.39, 0.29) is 48.4 Å². The van der Waals surface area contributed by atoms with Gasteiger partial charge in [0.1, 0.15) is 12.1 Å². The van der Waals surface area contributed by atoms with Crippen LogP contribution >= 0.6 is 0 Å². The summed E-state index contributed by atoms with van der Waals surface area (Å²) >= 11 is 0. The number of piperidine rings is 1. The molecule has 0 spiro atoms. The van der Waals surface area contributed by atoms with Crippen LogP contribution in [0.4, 0.5) is 34.9 Å². The van der Waals surface area contributed by atoms with E-state index in [0.29, 0.717) is 43.2 Å². The van der Waals surface area contributed by atoms with Crippen molar-refractivity contribution in [2.24, 2.45) is 0 Å². The molecular weight excluding hydrogens is 442 g/mol. The second-order valence-electron chi connectivity index (χ2n) is 9.53. The summed E-state index contributed by atoms with van der Waals surface area (Å²) in [4.78, 5) is 32.2. The van der Waals surface area contributed by atoms with Crippen molar-refractivity contribution in [3.63, 3.8) is 0 Å². The molecule has 0 atom stereocenters. The number of rotatable bonds is 4. The van der Waals surface area contributed by atoms with Crippen LogP contribution in [0.3, 0.4) is 0 Å². The Morgan fingerprint density at radius 1 is 1.27 bits per heavy atom. The number of halogens is 4. The lowest BCUT2D eigenvalue weighted by Crippen LogP contribution is -2.43. The molecule has 4 heterocycles. The van der Waals surface area contributed by atoms with E-state index >= 15 is 4.39 Å². The SMILES string of the molecule is CC1(C)CCC2=C(C=O)CC(=O)c3c(nc(NC4CCN(CC(F)(F)F)CC4)c(F)c3N)N21. The fraction of sp³-hybridized carbons (Fsp3) is 0.591. The highest BCUT2D eigenvalue weighted by Gasteiger charge is 2.43. The molecule has 0 aromatic carbocycles. The van der Waals surface area contributed by atoms with Gasteiger partial charge >= 0.3 is 6.18 Å². The van der Waals surface area contributed by atoms with E-state index in [4.69, 9.17) is 5.73 Å². The highest BCUT2D eigenvalue weighted by Crippen LogP contribution is 2.47. The third-order valence-corrected chi connectivity index (χ3v) is 6.69. The molecule has 33 heavy (non-hydrogen) atoms. The number of likely N-dealkylation sites (tertiary alicyclic amines) is 1. The van der Waals surface area contributed by atoms with Crippen LogP contribution in [-0.4, -0.2) is 59.3 Å². The Morgan fingerprint density at radius 2 is 1.94 bits per heavy atom. The number of hydrogen-bond acceptors (Lipinski definition) is 7. The number of nitrogens with zero attached hydrogens (tertiary/aromatic N) is 3. The summed E-state index contributed by atoms with van der Waals surface area (Å²) in [6.45, 7) is 3.36. The lowest BCUT2D eigenvalue weighted by molar-refractivity contribution is -0.147. The predicted molar refractivity (Wildman–Crippen MR) is 116 cm³/mol. The van der Waals surface area contributed by atoms with E-state index in [1.165, 1.54) is 4.90 Å². The number of nitrogens with one attached hydrogen (secondary N) is 1. The van der Waals surface area contributed by atoms with Crippen molar-refractivity contribution in [3.8, 4) is 0 Å². The van der Waals surface area contributed by atoms with Crippen molar-refractivity contribution in [1.82, 2.24) is 9.88 Å². The summed E-state index contributed by atoms with van der Waals surface area (Å²) in [7, 11) is 0. The summed E-state index contributed by atoms with van der Waals surface area (Å²) in [5, 5.41) is 2.99. The van der Waals surface area contributed by atoms with Crippen LogP contribution in [0.2, 0.25) is 0 Å². The Hall–Kier alpha value is -2.69. The van der Waals surface area contributed by atoms with Gasteiger partial charge in [0.15, 0.2) is 17.4 Å². The number of alkyl halides is 3. The highest BCUT2D eigenvalue weighted by atomic mass is 19.4. The molecule has 0 saturated carbocycles. The average molecular weight is 469 g/mol. The molecule has 1 aromatic heterocycles. The van der Waals surface area contributed by atoms with Crippen LogP contribution < -0.4 is 16.0 Å². The van der Waals surface area contributed by atoms with Gasteiger partial charge in [0, 0.05) is 42.4 Å². The van der Waals surface area contributed by atoms with Gasteiger partial charge in [0.05, 0.1) is 17.8 Å². The minimum Gasteiger partial charge on any atom is -0.396 e. The number of anilines is 3. The van der Waals surface area contributed by atoms with Gasteiger partial charge in [-0.1, -0.05) is 0 Å². The van der Waals surface area contributed by atoms with Crippen molar-refractivity contribution >= 4 is 29.4 Å². The molecule has 3 aliphatic rings. The van der Waals surface area contributed by atoms with E-state index in [1.807, 2.05) is 18.7 Å². The van der Waals surface area contributed by atoms with Gasteiger partial charge in [-0.05, 0) is 39.5 Å². The Kier molecular flexibility index (Phi) is 5.88. The van der Waals surface area contributed by atoms with Crippen molar-refractivity contribution in [2.75, 3.05) is 35.6 Å². The maximum atomic E-state index is 15.2. The Morgan fingerprint density at radius 3 is 2.55 bits per heavy atom. The Labute approximate surface area is 189 Å². The number of nitrogens with two attached hydrogens (primary N) is 1. The zero-order valence-corrected chi connectivity index (χ0v) is 18.6. The molecule has 1 aromatic rings. The predicted octanol–water partition coefficient (Wildman–Crippen LogP) is 3.66. The minimum absolute atomic E-state index is 0.0395. The number of ketones is 1. The fourth-order valence-electron chi connectivity index (χ4n) is 4.99. The van der Waals surface area contributed by atoms with Crippen LogP contribution in [0.5, 0.6) is 0 Å². The number of Topliss-reactive ketones (excluding diaryl/α,β-unsaturated/α-hetero) is 1. The first-order chi connectivity index (χ1) is 15.4. The molecule has 3 aliphatic heterocycles. The van der Waals surface area contributed by atoms with Crippen molar-refractivity contribution in [1.29, 1.82) is 0 Å². The lowest BCUT2D eigenvalue weighted by Gasteiger charge is -2.35. The summed E-state index contributed by atoms with van der Waals surface area (Å²) in [6, 6.07) is -0.289. The maximum Gasteiger partial charge on any atom is 0.401 e. The number of nitrogen functional groups attached to an aromatic ring is 1. The van der Waals surface area contributed by atoms with E-state index in [1.54, 1.807) is 0 Å². The number of allylic oxidation sites excluding steroid dienone is 2. The molecule has 7 nitrogen and oxygen atoms in total. The van der Waals surface area contributed by atoms with Gasteiger partial charge < -0.3 is 16.0 Å². The van der Waals surface area contributed by atoms with Gasteiger partial charge in [-0.15, -0.1) is 0 Å². The fourth-order valence-corrected chi connectivity index (χ4v) is 4.99. The van der Waals surface area contributed by atoms with E-state index < -0.39 is 29.9 Å². The number of carbonyl (C=O) groups is 2. The molecule has 180 valence electrons. The summed E-state index contributed by atoms with van der Waals surface area (Å²) in [6.07, 6.45) is -1.73. The molecule has 0 bridgehead atoms. The molecule has 2 saturated heterocycles. The molecule has 0 radical (unpaired) electrons. The number of carbonyl (C=O) groups excluding carboxylic acids is 2. The average Bonchev–Trinajstić information content (AvgIpc) is 2.97. The van der Waals surface area contributed by atoms with Crippen LogP contribution in [-0.2, 0) is 4.79 Å². The molecular formula is C22H27F4N5O2. The standard InChI is InChI=1S/C22H27F4N5O2/c1-21(2)6-3-14-12(10-32)9-15(33)16-18(27)17(23)19(29-20(16)31(14)21)28-13-4-7-30(8-5-13)11-22(24,25)26/h10,13H,3-9,11H2,1-2H3,(H3,27,28,29). The van der Waals surface area contributed by atoms with E-state index in [0.717, 1.165) is 0 Å². The topological polar surface area (TPSA) is 91.6 Å². The van der Waals surface area contributed by atoms with Gasteiger partial charge in [-0.25, -0.2) is 9.37 Å². The quantitative estimate of drug-likeness (QED) is 0.514. The lowest BCUT2D eigenvalue weighted by atomic mass is 9.98. The molecule has 0 aliphatic carbocycles. The van der Waals surface area contributed by atoms with Gasteiger partial charge in [0.25, 0.3) is 0 Å².